The fraction of sp³-hybridized carbons (Fsp3) is 0.323. The minimum absolute atomic E-state index is 0.0701. The number of aromatic nitrogens is 12. The van der Waals surface area contributed by atoms with Gasteiger partial charge in [-0.3, -0.25) is 14.4 Å². The van der Waals surface area contributed by atoms with Crippen molar-refractivity contribution in [3.8, 4) is 17.8 Å². The Morgan fingerprint density at radius 3 is 0.989 bits per heavy atom. The molecule has 3 aliphatic heterocycles. The van der Waals surface area contributed by atoms with Crippen LogP contribution in [0.3, 0.4) is 0 Å². The molecule has 0 bridgehead atoms. The van der Waals surface area contributed by atoms with Crippen LogP contribution in [0.5, 0.6) is 0 Å². The molecule has 3 fully saturated rings. The minimum atomic E-state index is -0.746. The molecule has 12 rings (SSSR count). The number of aryl methyl sites for hydroxylation is 8. The van der Waals surface area contributed by atoms with Gasteiger partial charge in [0.1, 0.15) is 76.3 Å². The lowest BCUT2D eigenvalue weighted by Crippen LogP contribution is -2.56. The van der Waals surface area contributed by atoms with Crippen LogP contribution in [0.15, 0.2) is 91.0 Å². The Labute approximate surface area is 532 Å². The molecule has 3 amide bonds. The average molecular weight is 1280 g/mol. The number of carbonyl (C=O) groups excluding carboxylic acids is 3. The van der Waals surface area contributed by atoms with Crippen molar-refractivity contribution >= 4 is 69.7 Å². The van der Waals surface area contributed by atoms with Crippen LogP contribution < -0.4 is 63.8 Å². The van der Waals surface area contributed by atoms with E-state index in [0.29, 0.717) is 117 Å². The molecular weight excluding hydrogens is 1200 g/mol. The first-order valence-corrected chi connectivity index (χ1v) is 29.8. The largest absolute Gasteiger partial charge is 0.368 e. The van der Waals surface area contributed by atoms with E-state index in [-0.39, 0.29) is 23.3 Å². The third kappa shape index (κ3) is 16.1. The van der Waals surface area contributed by atoms with E-state index in [1.165, 1.54) is 18.2 Å². The van der Waals surface area contributed by atoms with Crippen molar-refractivity contribution < 1.29 is 31.9 Å². The zero-order chi connectivity index (χ0) is 66.4. The van der Waals surface area contributed by atoms with Crippen molar-refractivity contribution in [2.24, 2.45) is 17.2 Å². The summed E-state index contributed by atoms with van der Waals surface area (Å²) in [6.07, 6.45) is 0. The number of nitrogens with zero attached hydrogens (tertiary/aromatic N) is 15. The van der Waals surface area contributed by atoms with Crippen molar-refractivity contribution in [3.63, 3.8) is 0 Å². The minimum Gasteiger partial charge on any atom is -0.368 e. The van der Waals surface area contributed by atoms with E-state index in [2.05, 4.69) is 77.1 Å². The Hall–Kier alpha value is -10.7. The molecule has 0 radical (unpaired) electrons. The van der Waals surface area contributed by atoms with Crippen LogP contribution in [0, 0.1) is 78.7 Å². The van der Waals surface area contributed by atoms with Gasteiger partial charge in [-0.2, -0.15) is 45.2 Å². The Balaban J connectivity index is 0.000000153. The highest BCUT2D eigenvalue weighted by Crippen LogP contribution is 2.29. The summed E-state index contributed by atoms with van der Waals surface area (Å²) in [5.41, 5.74) is 23.8. The van der Waals surface area contributed by atoms with E-state index in [4.69, 9.17) is 17.2 Å². The molecule has 3 aliphatic rings. The summed E-state index contributed by atoms with van der Waals surface area (Å²) in [6, 6.07) is 22.5. The van der Waals surface area contributed by atoms with Crippen molar-refractivity contribution in [2.75, 3.05) is 89.6 Å². The molecule has 9 heterocycles. The van der Waals surface area contributed by atoms with Crippen molar-refractivity contribution in [2.45, 2.75) is 73.5 Å². The van der Waals surface area contributed by atoms with Crippen LogP contribution in [-0.2, 0) is 14.4 Å². The molecule has 0 saturated carbocycles. The first-order chi connectivity index (χ1) is 44.4. The highest BCUT2D eigenvalue weighted by atomic mass is 19.1. The third-order valence-corrected chi connectivity index (χ3v) is 15.2. The van der Waals surface area contributed by atoms with Crippen molar-refractivity contribution in [3.05, 3.63) is 160 Å². The fourth-order valence-corrected chi connectivity index (χ4v) is 10.6. The Morgan fingerprint density at radius 1 is 0.419 bits per heavy atom. The number of anilines is 9. The van der Waals surface area contributed by atoms with Crippen molar-refractivity contribution in [1.29, 1.82) is 0 Å². The van der Waals surface area contributed by atoms with Gasteiger partial charge in [0.05, 0.1) is 34.1 Å². The van der Waals surface area contributed by atoms with Crippen molar-refractivity contribution in [1.82, 2.24) is 75.2 Å². The van der Waals surface area contributed by atoms with E-state index >= 15 is 0 Å². The number of rotatable bonds is 15. The highest BCUT2D eigenvalue weighted by molar-refractivity contribution is 5.82. The maximum absolute atomic E-state index is 14.4. The number of piperazine rings is 3. The predicted molar refractivity (Wildman–Crippen MR) is 344 cm³/mol. The lowest BCUT2D eigenvalue weighted by atomic mass is 10.2. The number of nitrogens with two attached hydrogens (primary N) is 3. The molecule has 12 N–H and O–H groups in total. The normalized spacial score (nSPS) is 16.4. The standard InChI is InChI=1S/2C21H25FN8O.C20H22F2N8O/c2*1-12-4-5-16(15(22)8-12)25-18-10-19(29-7-6-24-17(11-29)20(23)31)27-21(26-18)30-14(3)9-13(2)28-30;1-11-7-12(2)30(28-11)20-26-17(25-15-4-3-13(21)8-14(15)22)9-18(27-20)29-6-5-24-16(10-29)19(23)31/h2*4-5,8-10,17,24H,6-7,11H2,1-3H3,(H2,23,31)(H,25,26,27);3-4,7-9,16,24H,5-6,10H2,1-2H3,(H2,23,31)(H,25,26,27)/t2*17-;/m10./s1. The van der Waals surface area contributed by atoms with E-state index in [1.54, 1.807) is 44.4 Å². The van der Waals surface area contributed by atoms with Crippen LogP contribution in [0.25, 0.3) is 17.8 Å². The van der Waals surface area contributed by atoms with Gasteiger partial charge in [-0.1, -0.05) is 12.1 Å². The van der Waals surface area contributed by atoms with E-state index < -0.39 is 47.5 Å². The average Bonchev–Trinajstić information content (AvgIpc) is 1.81. The van der Waals surface area contributed by atoms with Gasteiger partial charge < -0.3 is 63.8 Å². The molecule has 31 heteroatoms. The van der Waals surface area contributed by atoms with Crippen LogP contribution in [0.1, 0.15) is 45.3 Å². The van der Waals surface area contributed by atoms with Gasteiger partial charge in [-0.25, -0.2) is 31.6 Å². The SMILES string of the molecule is Cc1cc(C)n(-c2nc(Nc3ccc(F)cc3F)cc(N3CCNC(C(N)=O)C3)n2)n1.Cc1ccc(Nc2cc(N3CCN[C@@H](C(N)=O)C3)nc(-n3nc(C)cc3C)n2)c(F)c1.Cc1ccc(Nc2cc(N3CCN[C@H](C(N)=O)C3)nc(-n3nc(C)cc3C)n2)c(F)c1. The Kier molecular flexibility index (Phi) is 19.8. The van der Waals surface area contributed by atoms with Crippen LogP contribution in [-0.4, -0.2) is 154 Å². The monoisotopic (exact) mass is 1280 g/mol. The summed E-state index contributed by atoms with van der Waals surface area (Å²) < 4.78 is 61.2. The lowest BCUT2D eigenvalue weighted by Gasteiger charge is -2.33. The van der Waals surface area contributed by atoms with Crippen LogP contribution in [0.2, 0.25) is 0 Å². The molecule has 1 unspecified atom stereocenters. The van der Waals surface area contributed by atoms with Gasteiger partial charge in [0, 0.05) is 100 Å². The second-order valence-corrected chi connectivity index (χ2v) is 22.8. The molecule has 27 nitrogen and oxygen atoms in total. The number of primary amides is 3. The van der Waals surface area contributed by atoms with Crippen LogP contribution >= 0.6 is 0 Å². The number of hydrogen-bond acceptors (Lipinski definition) is 21. The first-order valence-electron chi connectivity index (χ1n) is 29.8. The van der Waals surface area contributed by atoms with Gasteiger partial charge in [-0.05, 0) is 121 Å². The number of halogens is 4. The lowest BCUT2D eigenvalue weighted by molar-refractivity contribution is -0.120. The van der Waals surface area contributed by atoms with Gasteiger partial charge in [0.2, 0.25) is 17.7 Å². The summed E-state index contributed by atoms with van der Waals surface area (Å²) in [6.45, 7) is 19.6. The molecular formula is C62H72F4N24O3. The van der Waals surface area contributed by atoms with Gasteiger partial charge in [-0.15, -0.1) is 0 Å². The molecule has 93 heavy (non-hydrogen) atoms. The summed E-state index contributed by atoms with van der Waals surface area (Å²) in [7, 11) is 0. The zero-order valence-corrected chi connectivity index (χ0v) is 52.4. The topological polar surface area (TPSA) is 342 Å². The molecule has 6 aromatic heterocycles. The first kappa shape index (κ1) is 65.3. The smallest absolute Gasteiger partial charge is 0.254 e. The number of amides is 3. The Bertz CT molecular complexity index is 3810. The number of benzene rings is 3. The molecule has 3 atom stereocenters. The van der Waals surface area contributed by atoms with E-state index in [1.807, 2.05) is 100 Å². The van der Waals surface area contributed by atoms with Crippen LogP contribution in [0.4, 0.5) is 69.5 Å². The summed E-state index contributed by atoms with van der Waals surface area (Å²) in [4.78, 5) is 68.4. The fourth-order valence-electron chi connectivity index (χ4n) is 10.6. The summed E-state index contributed by atoms with van der Waals surface area (Å²) in [5.74, 6) is 0.392. The van der Waals surface area contributed by atoms with Gasteiger partial charge in [0.25, 0.3) is 17.8 Å². The van der Waals surface area contributed by atoms with Gasteiger partial charge >= 0.3 is 0 Å². The zero-order valence-electron chi connectivity index (χ0n) is 52.4. The quantitative estimate of drug-likeness (QED) is 0.0608. The summed E-state index contributed by atoms with van der Waals surface area (Å²) in [5, 5.41) is 31.6. The summed E-state index contributed by atoms with van der Waals surface area (Å²) >= 11 is 0. The molecule has 3 aromatic carbocycles. The van der Waals surface area contributed by atoms with E-state index in [9.17, 15) is 31.9 Å². The maximum Gasteiger partial charge on any atom is 0.254 e. The maximum atomic E-state index is 14.4. The number of nitrogens with one attached hydrogen (secondary N) is 6. The highest BCUT2D eigenvalue weighted by Gasteiger charge is 2.29. The predicted octanol–water partition coefficient (Wildman–Crippen LogP) is 5.03. The molecule has 486 valence electrons. The molecule has 0 aliphatic carbocycles. The number of hydrogen-bond donors (Lipinski definition) is 9. The number of carbonyl (C=O) groups is 3. The van der Waals surface area contributed by atoms with E-state index in [0.717, 1.165) is 57.4 Å². The molecule has 0 spiro atoms. The van der Waals surface area contributed by atoms with Gasteiger partial charge in [0.15, 0.2) is 0 Å². The molecule has 9 aromatic rings. The molecule has 3 saturated heterocycles. The third-order valence-electron chi connectivity index (χ3n) is 15.2. The second-order valence-electron chi connectivity index (χ2n) is 22.8. The second kappa shape index (κ2) is 28.2. The Morgan fingerprint density at radius 2 is 0.720 bits per heavy atom.